The first-order chi connectivity index (χ1) is 37.7. The Morgan fingerprint density at radius 1 is 0.506 bits per heavy atom. The molecule has 0 aliphatic carbocycles. The van der Waals surface area contributed by atoms with Crippen molar-refractivity contribution in [2.24, 2.45) is 0 Å². The van der Waals surface area contributed by atoms with E-state index >= 15 is 0 Å². The topological polar surface area (TPSA) is 175 Å². The van der Waals surface area contributed by atoms with E-state index in [1.807, 2.05) is 18.2 Å². The molecule has 8 unspecified atom stereocenters. The van der Waals surface area contributed by atoms with E-state index in [4.69, 9.17) is 14.2 Å². The molecule has 6 N–H and O–H groups in total. The van der Waals surface area contributed by atoms with Gasteiger partial charge in [0.15, 0.2) is 12.4 Å². The van der Waals surface area contributed by atoms with Crippen LogP contribution in [0.3, 0.4) is 0 Å². The summed E-state index contributed by atoms with van der Waals surface area (Å²) in [6.07, 6.45) is 56.1. The Morgan fingerprint density at radius 3 is 1.34 bits per heavy atom. The quantitative estimate of drug-likeness (QED) is 0.0195. The number of ether oxygens (including phenoxy) is 3. The fourth-order valence-corrected chi connectivity index (χ4v) is 10.1. The Hall–Kier alpha value is -2.38. The summed E-state index contributed by atoms with van der Waals surface area (Å²) in [6.45, 7) is 5.75. The van der Waals surface area contributed by atoms with Crippen molar-refractivity contribution in [2.45, 2.75) is 346 Å². The molecular formula is C66H121NO10. The summed E-state index contributed by atoms with van der Waals surface area (Å²) in [4.78, 5) is 26.5. The van der Waals surface area contributed by atoms with Crippen molar-refractivity contribution in [3.05, 3.63) is 48.6 Å². The normalized spacial score (nSPS) is 19.3. The first-order valence-electron chi connectivity index (χ1n) is 32.4. The van der Waals surface area contributed by atoms with Crippen LogP contribution in [-0.4, -0.2) is 99.6 Å². The summed E-state index contributed by atoms with van der Waals surface area (Å²) in [5.74, 6) is -1.26. The van der Waals surface area contributed by atoms with Gasteiger partial charge in [0, 0.05) is 6.42 Å². The van der Waals surface area contributed by atoms with E-state index in [1.165, 1.54) is 199 Å². The molecule has 450 valence electrons. The molecule has 77 heavy (non-hydrogen) atoms. The summed E-state index contributed by atoms with van der Waals surface area (Å²) >= 11 is 0. The van der Waals surface area contributed by atoms with Gasteiger partial charge in [0.2, 0.25) is 5.91 Å². The number of unbranched alkanes of at least 4 members (excludes halogenated alkanes) is 35. The van der Waals surface area contributed by atoms with Crippen LogP contribution >= 0.6 is 0 Å². The van der Waals surface area contributed by atoms with Gasteiger partial charge in [0.05, 0.1) is 25.4 Å². The van der Waals surface area contributed by atoms with Crippen molar-refractivity contribution in [3.63, 3.8) is 0 Å². The Kier molecular flexibility index (Phi) is 51.1. The standard InChI is InChI=1S/C66H121NO10/c1-4-7-10-13-16-19-22-24-25-26-27-28-29-30-31-32-33-34-36-38-41-44-47-50-53-59(70)65(74)67-57(58(69)52-49-46-43-40-37-21-18-15-12-9-6-3)56-75-66-64(63(73)62(72)60(55-68)76-66)77-61(71)54-51-48-45-42-39-35-23-20-17-14-11-8-5-2/h24-25,35,39,45,48-49,52,57-60,62-64,66,68-70,72-73H,4-23,26-34,36-38,40-44,46-47,50-51,53-56H2,1-3H3,(H,67,74)/b25-24+,39-35-,48-45+,52-49+. The summed E-state index contributed by atoms with van der Waals surface area (Å²) in [6, 6.07) is -1.03. The molecular weight excluding hydrogens is 967 g/mol. The molecule has 0 radical (unpaired) electrons. The lowest BCUT2D eigenvalue weighted by molar-refractivity contribution is -0.305. The average Bonchev–Trinajstić information content (AvgIpc) is 3.44. The third kappa shape index (κ3) is 42.2. The number of amides is 1. The Labute approximate surface area is 472 Å². The van der Waals surface area contributed by atoms with Gasteiger partial charge >= 0.3 is 5.97 Å². The number of rotatable bonds is 55. The number of hydrogen-bond donors (Lipinski definition) is 6. The highest BCUT2D eigenvalue weighted by Gasteiger charge is 2.47. The van der Waals surface area contributed by atoms with Gasteiger partial charge in [-0.05, 0) is 70.6 Å². The van der Waals surface area contributed by atoms with Gasteiger partial charge in [-0.3, -0.25) is 9.59 Å². The van der Waals surface area contributed by atoms with Crippen LogP contribution in [0.5, 0.6) is 0 Å². The van der Waals surface area contributed by atoms with Crippen molar-refractivity contribution >= 4 is 11.9 Å². The Morgan fingerprint density at radius 2 is 0.896 bits per heavy atom. The smallest absolute Gasteiger partial charge is 0.306 e. The number of aliphatic hydroxyl groups is 5. The van der Waals surface area contributed by atoms with Crippen molar-refractivity contribution in [1.29, 1.82) is 0 Å². The molecule has 0 aromatic heterocycles. The second-order valence-electron chi connectivity index (χ2n) is 22.5. The van der Waals surface area contributed by atoms with Crippen molar-refractivity contribution in [3.8, 4) is 0 Å². The van der Waals surface area contributed by atoms with Crippen LogP contribution in [0, 0.1) is 0 Å². The van der Waals surface area contributed by atoms with Gasteiger partial charge in [0.25, 0.3) is 0 Å². The first-order valence-corrected chi connectivity index (χ1v) is 32.4. The molecule has 1 saturated heterocycles. The zero-order valence-electron chi connectivity index (χ0n) is 49.8. The van der Waals surface area contributed by atoms with Crippen molar-refractivity contribution in [1.82, 2.24) is 5.32 Å². The maximum atomic E-state index is 13.4. The van der Waals surface area contributed by atoms with Gasteiger partial charge in [0.1, 0.15) is 24.4 Å². The molecule has 0 aromatic carbocycles. The number of esters is 1. The molecule has 11 heteroatoms. The van der Waals surface area contributed by atoms with E-state index in [0.717, 1.165) is 51.4 Å². The second kappa shape index (κ2) is 54.2. The number of carbonyl (C=O) groups excluding carboxylic acids is 2. The SMILES string of the molecule is CCCCCCCC/C=C\C/C=C/CCC(=O)OC1C(OCC(NC(=O)C(O)CCCCCCCCCCCCCCCC/C=C/CCCCCCCC)C(O)/C=C/CCCCCCCCCCC)OC(CO)C(O)C1O. The van der Waals surface area contributed by atoms with E-state index in [1.54, 1.807) is 6.08 Å². The highest BCUT2D eigenvalue weighted by Crippen LogP contribution is 2.26. The number of carbonyl (C=O) groups is 2. The van der Waals surface area contributed by atoms with Crippen LogP contribution in [0.2, 0.25) is 0 Å². The fourth-order valence-electron chi connectivity index (χ4n) is 10.1. The summed E-state index contributed by atoms with van der Waals surface area (Å²) in [5.41, 5.74) is 0. The Bertz CT molecular complexity index is 1440. The lowest BCUT2D eigenvalue weighted by Gasteiger charge is -2.41. The van der Waals surface area contributed by atoms with E-state index in [9.17, 15) is 35.1 Å². The molecule has 0 saturated carbocycles. The predicted molar refractivity (Wildman–Crippen MR) is 320 cm³/mol. The molecule has 0 bridgehead atoms. The Balaban J connectivity index is 2.60. The third-order valence-corrected chi connectivity index (χ3v) is 15.2. The van der Waals surface area contributed by atoms with Crippen LogP contribution in [0.1, 0.15) is 297 Å². The second-order valence-corrected chi connectivity index (χ2v) is 22.5. The number of allylic oxidation sites excluding steroid dienone is 7. The summed E-state index contributed by atoms with van der Waals surface area (Å²) < 4.78 is 17.5. The highest BCUT2D eigenvalue weighted by atomic mass is 16.7. The average molecular weight is 1090 g/mol. The number of nitrogens with one attached hydrogen (secondary N) is 1. The minimum absolute atomic E-state index is 0.0187. The zero-order valence-corrected chi connectivity index (χ0v) is 49.8. The van der Waals surface area contributed by atoms with Crippen LogP contribution in [-0.2, 0) is 23.8 Å². The largest absolute Gasteiger partial charge is 0.454 e. The van der Waals surface area contributed by atoms with E-state index < -0.39 is 67.4 Å². The predicted octanol–water partition coefficient (Wildman–Crippen LogP) is 15.6. The number of aliphatic hydroxyl groups excluding tert-OH is 5. The van der Waals surface area contributed by atoms with E-state index in [2.05, 4.69) is 50.4 Å². The van der Waals surface area contributed by atoms with Crippen molar-refractivity contribution < 1.29 is 49.3 Å². The van der Waals surface area contributed by atoms with Crippen LogP contribution in [0.4, 0.5) is 0 Å². The molecule has 1 heterocycles. The zero-order chi connectivity index (χ0) is 56.1. The van der Waals surface area contributed by atoms with Crippen molar-refractivity contribution in [2.75, 3.05) is 13.2 Å². The third-order valence-electron chi connectivity index (χ3n) is 15.2. The van der Waals surface area contributed by atoms with Gasteiger partial charge < -0.3 is 45.1 Å². The minimum atomic E-state index is -1.63. The fraction of sp³-hybridized carbons (Fsp3) is 0.848. The molecule has 1 aliphatic heterocycles. The minimum Gasteiger partial charge on any atom is -0.454 e. The van der Waals surface area contributed by atoms with Gasteiger partial charge in [-0.1, -0.05) is 268 Å². The molecule has 8 atom stereocenters. The van der Waals surface area contributed by atoms with E-state index in [-0.39, 0.29) is 19.4 Å². The monoisotopic (exact) mass is 1090 g/mol. The maximum Gasteiger partial charge on any atom is 0.306 e. The maximum absolute atomic E-state index is 13.4. The molecule has 11 nitrogen and oxygen atoms in total. The molecule has 1 rings (SSSR count). The molecule has 1 aliphatic rings. The van der Waals surface area contributed by atoms with Crippen LogP contribution in [0.25, 0.3) is 0 Å². The first kappa shape index (κ1) is 72.6. The molecule has 0 spiro atoms. The molecule has 1 amide bonds. The molecule has 0 aromatic rings. The van der Waals surface area contributed by atoms with Gasteiger partial charge in [-0.15, -0.1) is 0 Å². The highest BCUT2D eigenvalue weighted by molar-refractivity contribution is 5.80. The molecule has 1 fully saturated rings. The van der Waals surface area contributed by atoms with Gasteiger partial charge in [-0.25, -0.2) is 0 Å². The summed E-state index contributed by atoms with van der Waals surface area (Å²) in [7, 11) is 0. The lowest BCUT2D eigenvalue weighted by Crippen LogP contribution is -2.61. The van der Waals surface area contributed by atoms with Crippen LogP contribution < -0.4 is 5.32 Å². The van der Waals surface area contributed by atoms with E-state index in [0.29, 0.717) is 12.8 Å². The summed E-state index contributed by atoms with van der Waals surface area (Å²) in [5, 5.41) is 56.9. The van der Waals surface area contributed by atoms with Gasteiger partial charge in [-0.2, -0.15) is 0 Å². The van der Waals surface area contributed by atoms with Crippen LogP contribution in [0.15, 0.2) is 48.6 Å². The number of hydrogen-bond acceptors (Lipinski definition) is 10. The lowest BCUT2D eigenvalue weighted by atomic mass is 9.99.